The number of methoxy groups -OCH3 is 1. The number of thioether (sulfide) groups is 1. The highest BCUT2D eigenvalue weighted by Gasteiger charge is 2.15. The molecule has 1 aromatic rings. The van der Waals surface area contributed by atoms with Gasteiger partial charge in [0.25, 0.3) is 0 Å². The number of rotatable bonds is 3. The van der Waals surface area contributed by atoms with Crippen molar-refractivity contribution in [2.45, 2.75) is 17.1 Å². The fourth-order valence-electron chi connectivity index (χ4n) is 1.03. The number of nitrogens with two attached hydrogens (primary N) is 1. The lowest BCUT2D eigenvalue weighted by Crippen LogP contribution is -2.14. The molecule has 1 aromatic carbocycles. The first-order valence-corrected chi connectivity index (χ1v) is 6.01. The second-order valence-electron chi connectivity index (χ2n) is 2.97. The molecule has 1 unspecified atom stereocenters. The predicted molar refractivity (Wildman–Crippen MR) is 65.9 cm³/mol. The smallest absolute Gasteiger partial charge is 0.318 e. The molecule has 0 aromatic heterocycles. The van der Waals surface area contributed by atoms with Gasteiger partial charge in [0.05, 0.1) is 7.11 Å². The fourth-order valence-corrected chi connectivity index (χ4v) is 2.32. The number of benzene rings is 1. The summed E-state index contributed by atoms with van der Waals surface area (Å²) >= 11 is 4.72. The largest absolute Gasteiger partial charge is 0.468 e. The first kappa shape index (κ1) is 12.4. The number of hydrogen-bond acceptors (Lipinski definition) is 4. The summed E-state index contributed by atoms with van der Waals surface area (Å²) in [7, 11) is 1.38. The maximum Gasteiger partial charge on any atom is 0.318 e. The van der Waals surface area contributed by atoms with Crippen LogP contribution in [0, 0.1) is 0 Å². The Balaban J connectivity index is 2.76. The van der Waals surface area contributed by atoms with E-state index in [0.717, 1.165) is 9.37 Å². The third kappa shape index (κ3) is 3.43. The zero-order valence-electron chi connectivity index (χ0n) is 8.49. The molecule has 1 rings (SSSR count). The average Bonchev–Trinajstić information content (AvgIpc) is 2.20. The average molecular weight is 290 g/mol. The number of hydrogen-bond donors (Lipinski definition) is 1. The molecule has 82 valence electrons. The van der Waals surface area contributed by atoms with Crippen molar-refractivity contribution in [3.05, 3.63) is 22.7 Å². The Morgan fingerprint density at radius 1 is 1.60 bits per heavy atom. The van der Waals surface area contributed by atoms with Gasteiger partial charge in [0.1, 0.15) is 5.25 Å². The van der Waals surface area contributed by atoms with E-state index in [-0.39, 0.29) is 11.2 Å². The summed E-state index contributed by atoms with van der Waals surface area (Å²) in [6, 6.07) is 5.58. The minimum Gasteiger partial charge on any atom is -0.468 e. The molecule has 0 aliphatic carbocycles. The van der Waals surface area contributed by atoms with Gasteiger partial charge < -0.3 is 10.5 Å². The molecule has 0 aliphatic rings. The van der Waals surface area contributed by atoms with Gasteiger partial charge in [-0.2, -0.15) is 0 Å². The van der Waals surface area contributed by atoms with E-state index in [0.29, 0.717) is 5.69 Å². The molecule has 0 aliphatic heterocycles. The summed E-state index contributed by atoms with van der Waals surface area (Å²) in [6.07, 6.45) is 0. The zero-order valence-corrected chi connectivity index (χ0v) is 10.9. The van der Waals surface area contributed by atoms with Crippen molar-refractivity contribution < 1.29 is 9.53 Å². The summed E-state index contributed by atoms with van der Waals surface area (Å²) in [6.45, 7) is 1.79. The molecule has 0 saturated carbocycles. The molecule has 0 radical (unpaired) electrons. The van der Waals surface area contributed by atoms with Gasteiger partial charge in [0.15, 0.2) is 0 Å². The van der Waals surface area contributed by atoms with Gasteiger partial charge in [-0.15, -0.1) is 11.8 Å². The van der Waals surface area contributed by atoms with Crippen molar-refractivity contribution in [2.75, 3.05) is 12.8 Å². The van der Waals surface area contributed by atoms with Gasteiger partial charge in [0, 0.05) is 15.1 Å². The molecule has 0 amide bonds. The first-order valence-electron chi connectivity index (χ1n) is 4.34. The zero-order chi connectivity index (χ0) is 11.4. The summed E-state index contributed by atoms with van der Waals surface area (Å²) < 4.78 is 5.56. The van der Waals surface area contributed by atoms with E-state index < -0.39 is 0 Å². The van der Waals surface area contributed by atoms with Crippen LogP contribution in [0.4, 0.5) is 5.69 Å². The van der Waals surface area contributed by atoms with Crippen LogP contribution in [0.2, 0.25) is 0 Å². The van der Waals surface area contributed by atoms with E-state index in [2.05, 4.69) is 20.7 Å². The van der Waals surface area contributed by atoms with Gasteiger partial charge >= 0.3 is 5.97 Å². The molecule has 1 atom stereocenters. The van der Waals surface area contributed by atoms with Crippen molar-refractivity contribution in [2.24, 2.45) is 0 Å². The first-order chi connectivity index (χ1) is 7.04. The third-order valence-corrected chi connectivity index (χ3v) is 3.47. The maximum atomic E-state index is 11.2. The number of carbonyl (C=O) groups excluding carboxylic acids is 1. The molecular weight excluding hydrogens is 278 g/mol. The van der Waals surface area contributed by atoms with Gasteiger partial charge in [-0.05, 0) is 25.1 Å². The van der Waals surface area contributed by atoms with E-state index in [1.165, 1.54) is 18.9 Å². The van der Waals surface area contributed by atoms with Gasteiger partial charge in [-0.25, -0.2) is 0 Å². The van der Waals surface area contributed by atoms with Crippen LogP contribution >= 0.6 is 27.7 Å². The number of halogens is 1. The molecule has 3 nitrogen and oxygen atoms in total. The maximum absolute atomic E-state index is 11.2. The predicted octanol–water partition coefficient (Wildman–Crippen LogP) is 2.68. The van der Waals surface area contributed by atoms with Crippen LogP contribution in [0.1, 0.15) is 6.92 Å². The molecule has 2 N–H and O–H groups in total. The Morgan fingerprint density at radius 3 is 2.80 bits per heavy atom. The number of nitrogen functional groups attached to an aromatic ring is 1. The fraction of sp³-hybridized carbons (Fsp3) is 0.300. The standard InChI is InChI=1S/C10H12BrNO2S/c1-6(10(13)14-2)15-9-4-3-7(11)5-8(9)12/h3-6H,12H2,1-2H3. The van der Waals surface area contributed by atoms with E-state index >= 15 is 0 Å². The molecular formula is C10H12BrNO2S. The van der Waals surface area contributed by atoms with Crippen molar-refractivity contribution in [3.63, 3.8) is 0 Å². The third-order valence-electron chi connectivity index (χ3n) is 1.81. The van der Waals surface area contributed by atoms with Crippen LogP contribution < -0.4 is 5.73 Å². The molecule has 15 heavy (non-hydrogen) atoms. The molecule has 0 spiro atoms. The number of carbonyl (C=O) groups is 1. The number of ether oxygens (including phenoxy) is 1. The SMILES string of the molecule is COC(=O)C(C)Sc1ccc(Br)cc1N. The van der Waals surface area contributed by atoms with Gasteiger partial charge in [0.2, 0.25) is 0 Å². The normalized spacial score (nSPS) is 12.2. The van der Waals surface area contributed by atoms with Crippen LogP contribution in [-0.2, 0) is 9.53 Å². The molecule has 0 fully saturated rings. The summed E-state index contributed by atoms with van der Waals surface area (Å²) in [5.41, 5.74) is 6.47. The highest BCUT2D eigenvalue weighted by molar-refractivity contribution is 9.10. The highest BCUT2D eigenvalue weighted by Crippen LogP contribution is 2.31. The van der Waals surface area contributed by atoms with Crippen molar-refractivity contribution in [1.82, 2.24) is 0 Å². The van der Waals surface area contributed by atoms with Crippen molar-refractivity contribution >= 4 is 39.3 Å². The second-order valence-corrected chi connectivity index (χ2v) is 5.26. The lowest BCUT2D eigenvalue weighted by atomic mass is 10.3. The Labute approximate surface area is 101 Å². The topological polar surface area (TPSA) is 52.3 Å². The summed E-state index contributed by atoms with van der Waals surface area (Å²) in [5, 5.41) is -0.251. The van der Waals surface area contributed by atoms with Crippen LogP contribution in [0.25, 0.3) is 0 Å². The van der Waals surface area contributed by atoms with E-state index in [1.54, 1.807) is 6.92 Å². The van der Waals surface area contributed by atoms with E-state index in [1.807, 2.05) is 18.2 Å². The van der Waals surface area contributed by atoms with Crippen molar-refractivity contribution in [1.29, 1.82) is 0 Å². The van der Waals surface area contributed by atoms with Crippen LogP contribution in [0.3, 0.4) is 0 Å². The molecule has 0 bridgehead atoms. The Morgan fingerprint density at radius 2 is 2.27 bits per heavy atom. The summed E-state index contributed by atoms with van der Waals surface area (Å²) in [5.74, 6) is -0.248. The molecule has 5 heteroatoms. The number of esters is 1. The number of anilines is 1. The quantitative estimate of drug-likeness (QED) is 0.528. The lowest BCUT2D eigenvalue weighted by Gasteiger charge is -2.10. The van der Waals surface area contributed by atoms with Gasteiger partial charge in [-0.3, -0.25) is 4.79 Å². The molecule has 0 heterocycles. The monoisotopic (exact) mass is 289 g/mol. The van der Waals surface area contributed by atoms with Crippen LogP contribution in [0.15, 0.2) is 27.6 Å². The van der Waals surface area contributed by atoms with Gasteiger partial charge in [-0.1, -0.05) is 15.9 Å². The Bertz CT molecular complexity index is 370. The summed E-state index contributed by atoms with van der Waals surface area (Å²) in [4.78, 5) is 12.1. The van der Waals surface area contributed by atoms with Crippen LogP contribution in [-0.4, -0.2) is 18.3 Å². The van der Waals surface area contributed by atoms with Crippen molar-refractivity contribution in [3.8, 4) is 0 Å². The Kier molecular flexibility index (Phi) is 4.47. The van der Waals surface area contributed by atoms with Crippen LogP contribution in [0.5, 0.6) is 0 Å². The van der Waals surface area contributed by atoms with E-state index in [9.17, 15) is 4.79 Å². The second kappa shape index (κ2) is 5.42. The lowest BCUT2D eigenvalue weighted by molar-refractivity contribution is -0.139. The van der Waals surface area contributed by atoms with E-state index in [4.69, 9.17) is 5.73 Å². The highest BCUT2D eigenvalue weighted by atomic mass is 79.9. The Hall–Kier alpha value is -0.680. The minimum absolute atomic E-state index is 0.248. The minimum atomic E-state index is -0.251. The molecule has 0 saturated heterocycles.